The summed E-state index contributed by atoms with van der Waals surface area (Å²) in [6, 6.07) is 5.63. The Morgan fingerprint density at radius 2 is 2.00 bits per heavy atom. The second kappa shape index (κ2) is 4.23. The maximum absolute atomic E-state index is 11.7. The number of benzene rings is 1. The number of rotatable bonds is 1. The minimum atomic E-state index is -0.443. The highest BCUT2D eigenvalue weighted by Crippen LogP contribution is 2.32. The van der Waals surface area contributed by atoms with Gasteiger partial charge in [-0.05, 0) is 31.5 Å². The fourth-order valence-electron chi connectivity index (χ4n) is 2.57. The summed E-state index contributed by atoms with van der Waals surface area (Å²) in [5, 5.41) is 0. The topological polar surface area (TPSA) is 40.6 Å². The number of hydrogen-bond donors (Lipinski definition) is 0. The molecule has 0 atom stereocenters. The van der Waals surface area contributed by atoms with Gasteiger partial charge in [0.15, 0.2) is 0 Å². The van der Waals surface area contributed by atoms with E-state index < -0.39 is 11.7 Å². The molecule has 1 aromatic rings. The largest absolute Gasteiger partial charge is 0.367 e. The third-order valence-corrected chi connectivity index (χ3v) is 3.89. The number of hydrogen-bond acceptors (Lipinski definition) is 3. The molecule has 0 fully saturated rings. The van der Waals surface area contributed by atoms with E-state index in [1.165, 1.54) is 10.5 Å². The van der Waals surface area contributed by atoms with Gasteiger partial charge in [-0.3, -0.25) is 9.59 Å². The molecule has 2 heterocycles. The molecule has 0 spiro atoms. The second-order valence-corrected chi connectivity index (χ2v) is 5.14. The Labute approximate surface area is 112 Å². The highest BCUT2D eigenvalue weighted by atomic mass is 16.2. The Balaban J connectivity index is 1.95. The van der Waals surface area contributed by atoms with E-state index >= 15 is 0 Å². The number of nitrogens with zero attached hydrogens (tertiary/aromatic N) is 2. The maximum Gasteiger partial charge on any atom is 0.299 e. The first-order chi connectivity index (χ1) is 9.08. The molecule has 0 N–H and O–H groups in total. The van der Waals surface area contributed by atoms with Crippen LogP contribution in [0, 0.1) is 0 Å². The van der Waals surface area contributed by atoms with Crippen molar-refractivity contribution in [2.45, 2.75) is 13.3 Å². The van der Waals surface area contributed by atoms with Crippen LogP contribution in [0.25, 0.3) is 0 Å². The Hall–Kier alpha value is -2.10. The van der Waals surface area contributed by atoms with Crippen molar-refractivity contribution in [3.05, 3.63) is 35.4 Å². The van der Waals surface area contributed by atoms with Crippen molar-refractivity contribution in [1.29, 1.82) is 0 Å². The predicted molar refractivity (Wildman–Crippen MR) is 74.8 cm³/mol. The quantitative estimate of drug-likeness (QED) is 0.570. The van der Waals surface area contributed by atoms with Gasteiger partial charge in [0.2, 0.25) is 0 Å². The number of amides is 1. The normalized spacial score (nSPS) is 18.7. The molecule has 2 aliphatic heterocycles. The van der Waals surface area contributed by atoms with E-state index in [1.54, 1.807) is 13.1 Å². The maximum atomic E-state index is 11.7. The molecule has 3 rings (SSSR count). The van der Waals surface area contributed by atoms with E-state index in [2.05, 4.69) is 17.9 Å². The lowest BCUT2D eigenvalue weighted by Crippen LogP contribution is -2.28. The number of fused-ring (bicyclic) bond motifs is 1. The zero-order valence-electron chi connectivity index (χ0n) is 11.1. The minimum Gasteiger partial charge on any atom is -0.367 e. The fourth-order valence-corrected chi connectivity index (χ4v) is 2.57. The Bertz CT molecular complexity index is 604. The molecule has 0 saturated heterocycles. The third-order valence-electron chi connectivity index (χ3n) is 3.89. The summed E-state index contributed by atoms with van der Waals surface area (Å²) < 4.78 is 0. The average molecular weight is 256 g/mol. The van der Waals surface area contributed by atoms with Gasteiger partial charge < -0.3 is 9.80 Å². The summed E-state index contributed by atoms with van der Waals surface area (Å²) in [7, 11) is 1.65. The number of likely N-dealkylation sites (N-methyl/N-ethyl adjacent to an activating group) is 1. The molecule has 2 aliphatic rings. The summed E-state index contributed by atoms with van der Waals surface area (Å²) in [6.45, 7) is 4.01. The second-order valence-electron chi connectivity index (χ2n) is 5.14. The molecule has 0 saturated carbocycles. The van der Waals surface area contributed by atoms with Crippen molar-refractivity contribution in [2.24, 2.45) is 0 Å². The molecular formula is C15H16N2O2. The van der Waals surface area contributed by atoms with E-state index in [9.17, 15) is 9.59 Å². The first kappa shape index (κ1) is 12.0. The van der Waals surface area contributed by atoms with Gasteiger partial charge in [0, 0.05) is 25.8 Å². The lowest BCUT2D eigenvalue weighted by molar-refractivity contribution is -0.114. The summed E-state index contributed by atoms with van der Waals surface area (Å²) in [6.07, 6.45) is 3.28. The first-order valence-corrected chi connectivity index (χ1v) is 6.45. The standard InChI is InChI=1S/C15H16N2O2/c1-10-5-7-17(8-6-10)11-3-4-12-13(9-11)16(2)15(19)14(12)18/h3-5,9H,6-8H2,1-2H3. The number of ketones is 1. The fraction of sp³-hybridized carbons (Fsp3) is 0.333. The molecule has 0 bridgehead atoms. The molecule has 0 unspecified atom stereocenters. The molecule has 19 heavy (non-hydrogen) atoms. The van der Waals surface area contributed by atoms with Crippen molar-refractivity contribution >= 4 is 23.1 Å². The number of anilines is 2. The van der Waals surface area contributed by atoms with E-state index in [0.717, 1.165) is 30.9 Å². The number of carbonyl (C=O) groups is 2. The van der Waals surface area contributed by atoms with Crippen LogP contribution in [0.4, 0.5) is 11.4 Å². The minimum absolute atomic E-state index is 0.404. The van der Waals surface area contributed by atoms with Gasteiger partial charge in [-0.2, -0.15) is 0 Å². The van der Waals surface area contributed by atoms with Gasteiger partial charge in [0.25, 0.3) is 11.7 Å². The molecular weight excluding hydrogens is 240 g/mol. The van der Waals surface area contributed by atoms with Crippen LogP contribution in [0.5, 0.6) is 0 Å². The van der Waals surface area contributed by atoms with Crippen LogP contribution >= 0.6 is 0 Å². The monoisotopic (exact) mass is 256 g/mol. The molecule has 0 aliphatic carbocycles. The van der Waals surface area contributed by atoms with Crippen LogP contribution in [0.3, 0.4) is 0 Å². The Kier molecular flexibility index (Phi) is 2.66. The van der Waals surface area contributed by atoms with Gasteiger partial charge >= 0.3 is 0 Å². The van der Waals surface area contributed by atoms with Crippen LogP contribution in [0.15, 0.2) is 29.8 Å². The molecule has 1 aromatic carbocycles. The van der Waals surface area contributed by atoms with E-state index in [0.29, 0.717) is 5.56 Å². The van der Waals surface area contributed by atoms with Gasteiger partial charge in [0.1, 0.15) is 0 Å². The summed E-state index contributed by atoms with van der Waals surface area (Å²) in [5.74, 6) is -0.847. The molecule has 4 nitrogen and oxygen atoms in total. The molecule has 1 amide bonds. The van der Waals surface area contributed by atoms with E-state index in [1.807, 2.05) is 12.1 Å². The molecule has 98 valence electrons. The van der Waals surface area contributed by atoms with Gasteiger partial charge in [-0.1, -0.05) is 11.6 Å². The number of carbonyl (C=O) groups excluding carboxylic acids is 2. The van der Waals surface area contributed by atoms with Gasteiger partial charge in [0.05, 0.1) is 11.3 Å². The zero-order valence-corrected chi connectivity index (χ0v) is 11.1. The first-order valence-electron chi connectivity index (χ1n) is 6.45. The number of Topliss-reactive ketones (excluding diaryl/α,β-unsaturated/α-hetero) is 1. The average Bonchev–Trinajstić information content (AvgIpc) is 2.64. The molecule has 4 heteroatoms. The van der Waals surface area contributed by atoms with Crippen molar-refractivity contribution in [3.63, 3.8) is 0 Å². The van der Waals surface area contributed by atoms with Crippen molar-refractivity contribution < 1.29 is 9.59 Å². The SMILES string of the molecule is CC1=CCN(c2ccc3c(c2)N(C)C(=O)C3=O)CC1. The smallest absolute Gasteiger partial charge is 0.299 e. The summed E-state index contributed by atoms with van der Waals surface area (Å²) in [4.78, 5) is 27.1. The van der Waals surface area contributed by atoms with Crippen LogP contribution in [0.1, 0.15) is 23.7 Å². The third kappa shape index (κ3) is 1.84. The van der Waals surface area contributed by atoms with Crippen molar-refractivity contribution in [2.75, 3.05) is 29.9 Å². The lowest BCUT2D eigenvalue weighted by Gasteiger charge is -2.28. The zero-order chi connectivity index (χ0) is 13.6. The van der Waals surface area contributed by atoms with Gasteiger partial charge in [-0.25, -0.2) is 0 Å². The van der Waals surface area contributed by atoms with Crippen molar-refractivity contribution in [3.8, 4) is 0 Å². The van der Waals surface area contributed by atoms with Crippen LogP contribution in [-0.4, -0.2) is 31.8 Å². The Morgan fingerprint density at radius 3 is 2.68 bits per heavy atom. The Morgan fingerprint density at radius 1 is 1.21 bits per heavy atom. The van der Waals surface area contributed by atoms with Gasteiger partial charge in [-0.15, -0.1) is 0 Å². The highest BCUT2D eigenvalue weighted by Gasteiger charge is 2.33. The molecule has 0 radical (unpaired) electrons. The highest BCUT2D eigenvalue weighted by molar-refractivity contribution is 6.52. The lowest BCUT2D eigenvalue weighted by atomic mass is 10.1. The van der Waals surface area contributed by atoms with Crippen LogP contribution in [0.2, 0.25) is 0 Å². The van der Waals surface area contributed by atoms with E-state index in [-0.39, 0.29) is 0 Å². The molecule has 0 aromatic heterocycles. The van der Waals surface area contributed by atoms with Crippen LogP contribution < -0.4 is 9.80 Å². The van der Waals surface area contributed by atoms with E-state index in [4.69, 9.17) is 0 Å². The summed E-state index contributed by atoms with van der Waals surface area (Å²) in [5.41, 5.74) is 3.72. The van der Waals surface area contributed by atoms with Crippen molar-refractivity contribution in [1.82, 2.24) is 0 Å². The predicted octanol–water partition coefficient (Wildman–Crippen LogP) is 2.00. The summed E-state index contributed by atoms with van der Waals surface area (Å²) >= 11 is 0. The van der Waals surface area contributed by atoms with Crippen LogP contribution in [-0.2, 0) is 4.79 Å².